The van der Waals surface area contributed by atoms with Gasteiger partial charge in [-0.2, -0.15) is 22.0 Å². The Hall–Kier alpha value is -4.03. The maximum Gasteiger partial charge on any atom is 0.453 e. The molecule has 1 aliphatic heterocycles. The molecule has 0 radical (unpaired) electrons. The summed E-state index contributed by atoms with van der Waals surface area (Å²) in [4.78, 5) is 30.5. The first-order chi connectivity index (χ1) is 17.8. The van der Waals surface area contributed by atoms with Gasteiger partial charge in [0.1, 0.15) is 22.7 Å². The van der Waals surface area contributed by atoms with E-state index in [0.29, 0.717) is 23.2 Å². The van der Waals surface area contributed by atoms with Crippen LogP contribution in [0.25, 0.3) is 17.2 Å². The first-order valence-corrected chi connectivity index (χ1v) is 11.6. The number of nitrogens with zero attached hydrogens (tertiary/aromatic N) is 5. The molecule has 0 spiro atoms. The molecule has 1 aromatic carbocycles. The van der Waals surface area contributed by atoms with Gasteiger partial charge in [-0.3, -0.25) is 4.79 Å². The SMILES string of the molecule is CCc1nc(-c2cn3ccnc3c(CCC(F)(F)C(F)(F)F)n2)nc2c1C(C)(c1ccc(F)cc1)C(=O)N2. The van der Waals surface area contributed by atoms with Gasteiger partial charge in [0.25, 0.3) is 0 Å². The predicted molar refractivity (Wildman–Crippen MR) is 124 cm³/mol. The summed E-state index contributed by atoms with van der Waals surface area (Å²) in [5.74, 6) is -5.50. The third-order valence-electron chi connectivity index (χ3n) is 6.69. The third-order valence-corrected chi connectivity index (χ3v) is 6.69. The minimum absolute atomic E-state index is 0.0451. The van der Waals surface area contributed by atoms with Crippen molar-refractivity contribution >= 4 is 17.4 Å². The number of alkyl halides is 5. The number of halogens is 6. The number of hydrogen-bond donors (Lipinski definition) is 1. The maximum atomic E-state index is 13.6. The Labute approximate surface area is 212 Å². The van der Waals surface area contributed by atoms with E-state index in [0.717, 1.165) is 0 Å². The smallest absolute Gasteiger partial charge is 0.309 e. The van der Waals surface area contributed by atoms with Crippen molar-refractivity contribution in [1.29, 1.82) is 0 Å². The van der Waals surface area contributed by atoms with Crippen LogP contribution in [0.1, 0.15) is 42.8 Å². The number of carbonyl (C=O) groups excluding carboxylic acids is 1. The van der Waals surface area contributed by atoms with Crippen LogP contribution in [0, 0.1) is 5.82 Å². The number of carbonyl (C=O) groups is 1. The highest BCUT2D eigenvalue weighted by Crippen LogP contribution is 2.44. The predicted octanol–water partition coefficient (Wildman–Crippen LogP) is 5.28. The molecule has 0 fully saturated rings. The Morgan fingerprint density at radius 3 is 2.39 bits per heavy atom. The molecule has 4 heterocycles. The average molecular weight is 534 g/mol. The average Bonchev–Trinajstić information content (AvgIpc) is 3.44. The van der Waals surface area contributed by atoms with Crippen LogP contribution < -0.4 is 5.32 Å². The van der Waals surface area contributed by atoms with Crippen molar-refractivity contribution in [2.24, 2.45) is 0 Å². The van der Waals surface area contributed by atoms with E-state index in [-0.39, 0.29) is 28.7 Å². The summed E-state index contributed by atoms with van der Waals surface area (Å²) in [6.07, 6.45) is -3.19. The van der Waals surface area contributed by atoms with Crippen LogP contribution in [-0.2, 0) is 23.1 Å². The van der Waals surface area contributed by atoms with E-state index in [4.69, 9.17) is 0 Å². The quantitative estimate of drug-likeness (QED) is 0.341. The van der Waals surface area contributed by atoms with E-state index in [1.54, 1.807) is 6.92 Å². The number of imidazole rings is 1. The molecule has 1 amide bonds. The second-order valence-electron chi connectivity index (χ2n) is 9.09. The van der Waals surface area contributed by atoms with Crippen LogP contribution in [0.4, 0.5) is 32.2 Å². The summed E-state index contributed by atoms with van der Waals surface area (Å²) in [7, 11) is 0. The van der Waals surface area contributed by atoms with E-state index in [9.17, 15) is 31.1 Å². The number of anilines is 1. The first-order valence-electron chi connectivity index (χ1n) is 11.6. The fourth-order valence-electron chi connectivity index (χ4n) is 4.59. The van der Waals surface area contributed by atoms with Crippen molar-refractivity contribution in [2.75, 3.05) is 5.32 Å². The lowest BCUT2D eigenvalue weighted by Crippen LogP contribution is -2.36. The van der Waals surface area contributed by atoms with Gasteiger partial charge in [0.2, 0.25) is 5.91 Å². The van der Waals surface area contributed by atoms with Crippen LogP contribution in [0.3, 0.4) is 0 Å². The van der Waals surface area contributed by atoms with Gasteiger partial charge in [0.15, 0.2) is 11.5 Å². The number of rotatable bonds is 6. The Balaban J connectivity index is 1.59. The summed E-state index contributed by atoms with van der Waals surface area (Å²) in [6.45, 7) is 3.50. The Morgan fingerprint density at radius 1 is 1.03 bits per heavy atom. The molecule has 7 nitrogen and oxygen atoms in total. The van der Waals surface area contributed by atoms with Gasteiger partial charge in [-0.25, -0.2) is 24.3 Å². The molecule has 0 saturated carbocycles. The third kappa shape index (κ3) is 4.05. The Morgan fingerprint density at radius 2 is 1.74 bits per heavy atom. The molecule has 13 heteroatoms. The van der Waals surface area contributed by atoms with Crippen molar-refractivity contribution in [2.45, 2.75) is 50.6 Å². The number of aryl methyl sites for hydroxylation is 2. The second-order valence-corrected chi connectivity index (χ2v) is 9.09. The molecule has 0 saturated heterocycles. The largest absolute Gasteiger partial charge is 0.453 e. The minimum atomic E-state index is -5.69. The van der Waals surface area contributed by atoms with Gasteiger partial charge in [0, 0.05) is 30.6 Å². The minimum Gasteiger partial charge on any atom is -0.309 e. The lowest BCUT2D eigenvalue weighted by Gasteiger charge is -2.24. The molecule has 3 aromatic heterocycles. The fourth-order valence-corrected chi connectivity index (χ4v) is 4.59. The highest BCUT2D eigenvalue weighted by Gasteiger charge is 2.56. The molecular weight excluding hydrogens is 514 g/mol. The maximum absolute atomic E-state index is 13.6. The zero-order valence-electron chi connectivity index (χ0n) is 20.1. The first kappa shape index (κ1) is 25.6. The van der Waals surface area contributed by atoms with Crippen molar-refractivity contribution in [3.63, 3.8) is 0 Å². The summed E-state index contributed by atoms with van der Waals surface area (Å²) >= 11 is 0. The number of hydrogen-bond acceptors (Lipinski definition) is 5. The van der Waals surface area contributed by atoms with Gasteiger partial charge in [-0.1, -0.05) is 19.1 Å². The normalized spacial score (nSPS) is 17.6. The van der Waals surface area contributed by atoms with Gasteiger partial charge in [0.05, 0.1) is 11.4 Å². The topological polar surface area (TPSA) is 85.1 Å². The van der Waals surface area contributed by atoms with Crippen molar-refractivity contribution in [1.82, 2.24) is 24.3 Å². The van der Waals surface area contributed by atoms with Gasteiger partial charge in [-0.15, -0.1) is 0 Å². The number of nitrogens with one attached hydrogen (secondary N) is 1. The van der Waals surface area contributed by atoms with E-state index in [1.165, 1.54) is 47.3 Å². The van der Waals surface area contributed by atoms with Crippen LogP contribution in [0.5, 0.6) is 0 Å². The molecular formula is C25H20F6N6O. The van der Waals surface area contributed by atoms with Gasteiger partial charge in [-0.05, 0) is 37.5 Å². The van der Waals surface area contributed by atoms with E-state index in [2.05, 4.69) is 25.3 Å². The lowest BCUT2D eigenvalue weighted by molar-refractivity contribution is -0.284. The monoisotopic (exact) mass is 534 g/mol. The Kier molecular flexibility index (Phi) is 5.91. The summed E-state index contributed by atoms with van der Waals surface area (Å²) in [5.41, 5.74) is 0.472. The summed E-state index contributed by atoms with van der Waals surface area (Å²) in [5, 5.41) is 2.74. The van der Waals surface area contributed by atoms with Crippen LogP contribution in [0.15, 0.2) is 42.9 Å². The molecule has 1 N–H and O–H groups in total. The summed E-state index contributed by atoms with van der Waals surface area (Å²) < 4.78 is 80.4. The zero-order valence-corrected chi connectivity index (χ0v) is 20.1. The lowest BCUT2D eigenvalue weighted by atomic mass is 9.76. The molecule has 0 bridgehead atoms. The fraction of sp³-hybridized carbons (Fsp3) is 0.320. The van der Waals surface area contributed by atoms with Crippen LogP contribution in [0.2, 0.25) is 0 Å². The number of amides is 1. The Bertz CT molecular complexity index is 1550. The molecule has 5 rings (SSSR count). The van der Waals surface area contributed by atoms with E-state index < -0.39 is 42.1 Å². The standard InChI is InChI=1S/C25H20F6N6O/c1-3-15-18-20(36-22(38)23(18,2)13-4-6-14(26)7-5-13)35-19(34-15)17-12-37-11-10-32-21(37)16(33-17)8-9-24(27,28)25(29,30)31/h4-7,10-12H,3,8-9H2,1-2H3,(H,34,35,36,38). The highest BCUT2D eigenvalue weighted by molar-refractivity contribution is 6.08. The van der Waals surface area contributed by atoms with Crippen molar-refractivity contribution in [3.05, 3.63) is 71.2 Å². The highest BCUT2D eigenvalue weighted by atomic mass is 19.4. The molecule has 4 aromatic rings. The molecule has 198 valence electrons. The molecule has 38 heavy (non-hydrogen) atoms. The number of benzene rings is 1. The molecule has 1 aliphatic rings. The van der Waals surface area contributed by atoms with Crippen molar-refractivity contribution in [3.8, 4) is 11.5 Å². The molecule has 1 unspecified atom stereocenters. The van der Waals surface area contributed by atoms with Crippen molar-refractivity contribution < 1.29 is 31.1 Å². The van der Waals surface area contributed by atoms with E-state index >= 15 is 0 Å². The second kappa shape index (κ2) is 8.77. The van der Waals surface area contributed by atoms with Gasteiger partial charge >= 0.3 is 12.1 Å². The summed E-state index contributed by atoms with van der Waals surface area (Å²) in [6, 6.07) is 5.52. The van der Waals surface area contributed by atoms with Crippen LogP contribution >= 0.6 is 0 Å². The molecule has 1 atom stereocenters. The van der Waals surface area contributed by atoms with Gasteiger partial charge < -0.3 is 9.72 Å². The number of fused-ring (bicyclic) bond motifs is 2. The number of aromatic nitrogens is 5. The molecule has 0 aliphatic carbocycles. The van der Waals surface area contributed by atoms with E-state index in [1.807, 2.05) is 6.92 Å². The zero-order chi connectivity index (χ0) is 27.5. The van der Waals surface area contributed by atoms with Crippen LogP contribution in [-0.4, -0.2) is 42.3 Å².